The Morgan fingerprint density at radius 2 is 2.41 bits per heavy atom. The molecule has 0 radical (unpaired) electrons. The van der Waals surface area contributed by atoms with Crippen LogP contribution in [0.5, 0.6) is 0 Å². The Kier molecular flexibility index (Phi) is 4.54. The quantitative estimate of drug-likeness (QED) is 0.868. The van der Waals surface area contributed by atoms with Crippen LogP contribution in [0.3, 0.4) is 0 Å². The van der Waals surface area contributed by atoms with Crippen molar-refractivity contribution in [1.82, 2.24) is 10.3 Å². The molecule has 1 aliphatic carbocycles. The standard InChI is InChI=1S/C13H22N2OS/c1-9(13-8-15-10(2)17-13)14-7-11-4-3-5-12(16)6-11/h8-9,11-12,14,16H,3-7H2,1-2H3. The lowest BCUT2D eigenvalue weighted by Gasteiger charge is -2.27. The highest BCUT2D eigenvalue weighted by molar-refractivity contribution is 7.11. The Labute approximate surface area is 107 Å². The van der Waals surface area contributed by atoms with Gasteiger partial charge in [-0.25, -0.2) is 4.98 Å². The van der Waals surface area contributed by atoms with Crippen molar-refractivity contribution in [2.24, 2.45) is 5.92 Å². The number of aryl methyl sites for hydroxylation is 1. The molecule has 3 nitrogen and oxygen atoms in total. The SMILES string of the molecule is Cc1ncc(C(C)NCC2CCCC(O)C2)s1. The van der Waals surface area contributed by atoms with E-state index in [0.29, 0.717) is 12.0 Å². The molecule has 2 N–H and O–H groups in total. The van der Waals surface area contributed by atoms with E-state index < -0.39 is 0 Å². The molecule has 1 heterocycles. The molecular formula is C13H22N2OS. The molecule has 1 aromatic heterocycles. The summed E-state index contributed by atoms with van der Waals surface area (Å²) in [6, 6.07) is 0.375. The number of aliphatic hydroxyl groups is 1. The van der Waals surface area contributed by atoms with E-state index in [1.807, 2.05) is 13.1 Å². The third-order valence-electron chi connectivity index (χ3n) is 3.53. The molecule has 0 bridgehead atoms. The largest absolute Gasteiger partial charge is 0.393 e. The summed E-state index contributed by atoms with van der Waals surface area (Å²) in [6.07, 6.45) is 6.26. The molecule has 1 saturated carbocycles. The normalized spacial score (nSPS) is 27.0. The van der Waals surface area contributed by atoms with Crippen LogP contribution in [0, 0.1) is 12.8 Å². The van der Waals surface area contributed by atoms with E-state index in [4.69, 9.17) is 0 Å². The minimum absolute atomic E-state index is 0.0727. The van der Waals surface area contributed by atoms with Crippen molar-refractivity contribution in [2.45, 2.75) is 51.7 Å². The lowest BCUT2D eigenvalue weighted by Crippen LogP contribution is -2.30. The van der Waals surface area contributed by atoms with Crippen molar-refractivity contribution in [3.05, 3.63) is 16.1 Å². The first-order valence-corrected chi connectivity index (χ1v) is 7.30. The fourth-order valence-electron chi connectivity index (χ4n) is 2.47. The number of hydrogen-bond acceptors (Lipinski definition) is 4. The van der Waals surface area contributed by atoms with Crippen LogP contribution in [-0.4, -0.2) is 22.7 Å². The molecule has 2 rings (SSSR count). The summed E-state index contributed by atoms with van der Waals surface area (Å²) >= 11 is 1.76. The number of nitrogens with zero attached hydrogens (tertiary/aromatic N) is 1. The van der Waals surface area contributed by atoms with Crippen LogP contribution >= 0.6 is 11.3 Å². The fraction of sp³-hybridized carbons (Fsp3) is 0.769. The Hall–Kier alpha value is -0.450. The second kappa shape index (κ2) is 5.94. The van der Waals surface area contributed by atoms with Crippen LogP contribution in [0.15, 0.2) is 6.20 Å². The molecule has 17 heavy (non-hydrogen) atoms. The van der Waals surface area contributed by atoms with E-state index >= 15 is 0 Å². The number of rotatable bonds is 4. The lowest BCUT2D eigenvalue weighted by atomic mass is 9.87. The van der Waals surface area contributed by atoms with Crippen LogP contribution in [0.25, 0.3) is 0 Å². The summed E-state index contributed by atoms with van der Waals surface area (Å²) in [7, 11) is 0. The average molecular weight is 254 g/mol. The van der Waals surface area contributed by atoms with Gasteiger partial charge in [-0.15, -0.1) is 11.3 Å². The van der Waals surface area contributed by atoms with Gasteiger partial charge in [0.25, 0.3) is 0 Å². The molecule has 0 spiro atoms. The number of hydrogen-bond donors (Lipinski definition) is 2. The zero-order valence-electron chi connectivity index (χ0n) is 10.6. The predicted molar refractivity (Wildman–Crippen MR) is 71.2 cm³/mol. The summed E-state index contributed by atoms with van der Waals surface area (Å²) in [5, 5.41) is 14.3. The van der Waals surface area contributed by atoms with Gasteiger partial charge in [-0.3, -0.25) is 0 Å². The van der Waals surface area contributed by atoms with Gasteiger partial charge in [0.1, 0.15) is 0 Å². The molecule has 96 valence electrons. The van der Waals surface area contributed by atoms with E-state index in [2.05, 4.69) is 17.2 Å². The van der Waals surface area contributed by atoms with Gasteiger partial charge >= 0.3 is 0 Å². The van der Waals surface area contributed by atoms with E-state index in [1.54, 1.807) is 11.3 Å². The molecule has 3 unspecified atom stereocenters. The number of nitrogens with one attached hydrogen (secondary N) is 1. The maximum Gasteiger partial charge on any atom is 0.0897 e. The molecule has 3 atom stereocenters. The maximum atomic E-state index is 9.63. The van der Waals surface area contributed by atoms with Crippen LogP contribution in [0.1, 0.15) is 48.5 Å². The van der Waals surface area contributed by atoms with Crippen molar-refractivity contribution in [3.8, 4) is 0 Å². The Morgan fingerprint density at radius 3 is 3.06 bits per heavy atom. The summed E-state index contributed by atoms with van der Waals surface area (Å²) in [4.78, 5) is 5.59. The number of thiazole rings is 1. The minimum Gasteiger partial charge on any atom is -0.393 e. The first-order chi connectivity index (χ1) is 8.15. The topological polar surface area (TPSA) is 45.2 Å². The smallest absolute Gasteiger partial charge is 0.0897 e. The predicted octanol–water partition coefficient (Wildman–Crippen LogP) is 2.65. The van der Waals surface area contributed by atoms with E-state index in [-0.39, 0.29) is 6.10 Å². The molecule has 1 aliphatic rings. The number of aromatic nitrogens is 1. The van der Waals surface area contributed by atoms with Crippen molar-refractivity contribution in [3.63, 3.8) is 0 Å². The summed E-state index contributed by atoms with van der Waals surface area (Å²) in [5.74, 6) is 0.634. The van der Waals surface area contributed by atoms with Crippen molar-refractivity contribution >= 4 is 11.3 Å². The number of aliphatic hydroxyl groups excluding tert-OH is 1. The second-order valence-electron chi connectivity index (χ2n) is 5.10. The summed E-state index contributed by atoms with van der Waals surface area (Å²) in [5.41, 5.74) is 0. The fourth-order valence-corrected chi connectivity index (χ4v) is 3.28. The Balaban J connectivity index is 1.77. The first kappa shape index (κ1) is 13.0. The zero-order chi connectivity index (χ0) is 12.3. The minimum atomic E-state index is -0.0727. The van der Waals surface area contributed by atoms with Gasteiger partial charge in [-0.2, -0.15) is 0 Å². The van der Waals surface area contributed by atoms with Crippen LogP contribution in [0.4, 0.5) is 0 Å². The lowest BCUT2D eigenvalue weighted by molar-refractivity contribution is 0.0998. The average Bonchev–Trinajstić information content (AvgIpc) is 2.73. The van der Waals surface area contributed by atoms with Gasteiger partial charge in [-0.05, 0) is 45.6 Å². The summed E-state index contributed by atoms with van der Waals surface area (Å²) < 4.78 is 0. The highest BCUT2D eigenvalue weighted by Crippen LogP contribution is 2.25. The maximum absolute atomic E-state index is 9.63. The summed E-state index contributed by atoms with van der Waals surface area (Å²) in [6.45, 7) is 5.24. The van der Waals surface area contributed by atoms with E-state index in [0.717, 1.165) is 24.4 Å². The molecule has 1 aromatic rings. The zero-order valence-corrected chi connectivity index (χ0v) is 11.5. The van der Waals surface area contributed by atoms with Gasteiger partial charge < -0.3 is 10.4 Å². The molecule has 1 fully saturated rings. The highest BCUT2D eigenvalue weighted by atomic mass is 32.1. The van der Waals surface area contributed by atoms with Gasteiger partial charge in [-0.1, -0.05) is 6.42 Å². The Bertz CT molecular complexity index is 353. The van der Waals surface area contributed by atoms with Gasteiger partial charge in [0, 0.05) is 17.1 Å². The van der Waals surface area contributed by atoms with Gasteiger partial charge in [0.15, 0.2) is 0 Å². The molecule has 0 aliphatic heterocycles. The molecule has 0 aromatic carbocycles. The van der Waals surface area contributed by atoms with Crippen molar-refractivity contribution in [1.29, 1.82) is 0 Å². The van der Waals surface area contributed by atoms with Gasteiger partial charge in [0.05, 0.1) is 11.1 Å². The third kappa shape index (κ3) is 3.76. The van der Waals surface area contributed by atoms with E-state index in [9.17, 15) is 5.11 Å². The van der Waals surface area contributed by atoms with Crippen LogP contribution in [0.2, 0.25) is 0 Å². The molecular weight excluding hydrogens is 232 g/mol. The van der Waals surface area contributed by atoms with Crippen molar-refractivity contribution < 1.29 is 5.11 Å². The Morgan fingerprint density at radius 1 is 1.59 bits per heavy atom. The molecule has 4 heteroatoms. The second-order valence-corrected chi connectivity index (χ2v) is 6.36. The third-order valence-corrected chi connectivity index (χ3v) is 4.63. The monoisotopic (exact) mass is 254 g/mol. The first-order valence-electron chi connectivity index (χ1n) is 6.49. The van der Waals surface area contributed by atoms with Crippen LogP contribution in [-0.2, 0) is 0 Å². The molecule has 0 saturated heterocycles. The highest BCUT2D eigenvalue weighted by Gasteiger charge is 2.20. The van der Waals surface area contributed by atoms with Crippen LogP contribution < -0.4 is 5.32 Å². The molecule has 0 amide bonds. The van der Waals surface area contributed by atoms with Crippen molar-refractivity contribution in [2.75, 3.05) is 6.54 Å². The van der Waals surface area contributed by atoms with Gasteiger partial charge in [0.2, 0.25) is 0 Å². The van der Waals surface area contributed by atoms with E-state index in [1.165, 1.54) is 17.7 Å².